The Morgan fingerprint density at radius 3 is 2.68 bits per heavy atom. The number of ether oxygens (including phenoxy) is 2. The van der Waals surface area contributed by atoms with Crippen molar-refractivity contribution in [3.8, 4) is 11.5 Å². The van der Waals surface area contributed by atoms with Crippen LogP contribution in [0.25, 0.3) is 0 Å². The third kappa shape index (κ3) is 4.88. The van der Waals surface area contributed by atoms with Crippen LogP contribution in [0.15, 0.2) is 36.4 Å². The summed E-state index contributed by atoms with van der Waals surface area (Å²) in [6, 6.07) is 9.96. The molecule has 1 fully saturated rings. The third-order valence-electron chi connectivity index (χ3n) is 4.33. The van der Waals surface area contributed by atoms with Crippen LogP contribution in [0.3, 0.4) is 0 Å². The Morgan fingerprint density at radius 2 is 1.96 bits per heavy atom. The maximum Gasteiger partial charge on any atom is 0.262 e. The van der Waals surface area contributed by atoms with Crippen molar-refractivity contribution in [3.63, 3.8) is 0 Å². The van der Waals surface area contributed by atoms with E-state index in [4.69, 9.17) is 32.7 Å². The van der Waals surface area contributed by atoms with E-state index >= 15 is 0 Å². The largest absolute Gasteiger partial charge is 0.494 e. The number of carbonyl (C=O) groups is 2. The Labute approximate surface area is 173 Å². The lowest BCUT2D eigenvalue weighted by atomic mass is 10.1. The zero-order chi connectivity index (χ0) is 20.1. The van der Waals surface area contributed by atoms with Gasteiger partial charge in [-0.15, -0.1) is 0 Å². The zero-order valence-corrected chi connectivity index (χ0v) is 16.8. The fourth-order valence-electron chi connectivity index (χ4n) is 2.97. The topological polar surface area (TPSA) is 67.9 Å². The van der Waals surface area contributed by atoms with Gasteiger partial charge in [0.1, 0.15) is 11.5 Å². The van der Waals surface area contributed by atoms with Crippen LogP contribution in [0.4, 0.5) is 11.4 Å². The first-order valence-electron chi connectivity index (χ1n) is 8.84. The molecule has 0 spiro atoms. The predicted octanol–water partition coefficient (Wildman–Crippen LogP) is 4.54. The summed E-state index contributed by atoms with van der Waals surface area (Å²) in [6.07, 6.45) is 2.40. The number of rotatable bonds is 6. The number of nitrogens with one attached hydrogen (secondary N) is 1. The lowest BCUT2D eigenvalue weighted by molar-refractivity contribution is -0.119. The van der Waals surface area contributed by atoms with Gasteiger partial charge in [-0.1, -0.05) is 23.2 Å². The van der Waals surface area contributed by atoms with E-state index in [-0.39, 0.29) is 18.4 Å². The van der Waals surface area contributed by atoms with Gasteiger partial charge in [-0.25, -0.2) is 0 Å². The number of methoxy groups -OCH3 is 1. The SMILES string of the molecule is COc1cc(NC(=O)COc2ccc(Cl)cc2Cl)ccc1N1CCCCC1=O. The molecule has 1 heterocycles. The Kier molecular flexibility index (Phi) is 6.65. The lowest BCUT2D eigenvalue weighted by Gasteiger charge is -2.28. The van der Waals surface area contributed by atoms with Crippen molar-refractivity contribution in [2.75, 3.05) is 30.5 Å². The van der Waals surface area contributed by atoms with E-state index in [2.05, 4.69) is 5.32 Å². The standard InChI is InChI=1S/C20H20Cl2N2O4/c1-27-18-11-14(6-7-16(18)24-9-3-2-4-20(24)26)23-19(25)12-28-17-8-5-13(21)10-15(17)22/h5-8,10-11H,2-4,9,12H2,1H3,(H,23,25). The Balaban J connectivity index is 1.65. The Bertz CT molecular complexity index is 889. The molecule has 0 unspecified atom stereocenters. The smallest absolute Gasteiger partial charge is 0.262 e. The van der Waals surface area contributed by atoms with E-state index in [1.54, 1.807) is 41.3 Å². The van der Waals surface area contributed by atoms with Gasteiger partial charge in [0.25, 0.3) is 5.91 Å². The van der Waals surface area contributed by atoms with Crippen molar-refractivity contribution in [3.05, 3.63) is 46.4 Å². The summed E-state index contributed by atoms with van der Waals surface area (Å²) < 4.78 is 10.8. The molecule has 0 atom stereocenters. The molecule has 148 valence electrons. The second kappa shape index (κ2) is 9.17. The van der Waals surface area contributed by atoms with Crippen LogP contribution >= 0.6 is 23.2 Å². The van der Waals surface area contributed by atoms with Gasteiger partial charge in [-0.2, -0.15) is 0 Å². The zero-order valence-electron chi connectivity index (χ0n) is 15.3. The molecule has 6 nitrogen and oxygen atoms in total. The number of amides is 2. The number of nitrogens with zero attached hydrogens (tertiary/aromatic N) is 1. The molecule has 3 rings (SSSR count). The molecule has 2 amide bonds. The average molecular weight is 423 g/mol. The van der Waals surface area contributed by atoms with Crippen LogP contribution in [-0.4, -0.2) is 32.1 Å². The second-order valence-electron chi connectivity index (χ2n) is 6.30. The first kappa shape index (κ1) is 20.3. The maximum absolute atomic E-state index is 12.2. The monoisotopic (exact) mass is 422 g/mol. The first-order valence-corrected chi connectivity index (χ1v) is 9.59. The van der Waals surface area contributed by atoms with Crippen LogP contribution in [-0.2, 0) is 9.59 Å². The van der Waals surface area contributed by atoms with Crippen LogP contribution in [0.2, 0.25) is 10.0 Å². The highest BCUT2D eigenvalue weighted by molar-refractivity contribution is 6.35. The normalized spacial score (nSPS) is 14.0. The van der Waals surface area contributed by atoms with E-state index < -0.39 is 0 Å². The number of piperidine rings is 1. The van der Waals surface area contributed by atoms with Crippen LogP contribution in [0, 0.1) is 0 Å². The van der Waals surface area contributed by atoms with Crippen LogP contribution < -0.4 is 19.7 Å². The molecule has 1 saturated heterocycles. The van der Waals surface area contributed by atoms with Gasteiger partial charge in [0.05, 0.1) is 17.8 Å². The molecular weight excluding hydrogens is 403 g/mol. The average Bonchev–Trinajstić information content (AvgIpc) is 2.68. The van der Waals surface area contributed by atoms with Crippen molar-refractivity contribution in [1.82, 2.24) is 0 Å². The molecule has 28 heavy (non-hydrogen) atoms. The van der Waals surface area contributed by atoms with Gasteiger partial charge in [-0.05, 0) is 43.2 Å². The van der Waals surface area contributed by atoms with E-state index in [0.717, 1.165) is 12.8 Å². The molecule has 1 aliphatic heterocycles. The van der Waals surface area contributed by atoms with E-state index in [1.165, 1.54) is 7.11 Å². The molecular formula is C20H20Cl2N2O4. The number of hydrogen-bond acceptors (Lipinski definition) is 4. The van der Waals surface area contributed by atoms with Gasteiger partial charge in [0.15, 0.2) is 6.61 Å². The fourth-order valence-corrected chi connectivity index (χ4v) is 3.43. The summed E-state index contributed by atoms with van der Waals surface area (Å²) in [6.45, 7) is 0.451. The second-order valence-corrected chi connectivity index (χ2v) is 7.14. The molecule has 0 aliphatic carbocycles. The van der Waals surface area contributed by atoms with E-state index in [9.17, 15) is 9.59 Å². The number of carbonyl (C=O) groups excluding carboxylic acids is 2. The molecule has 0 aromatic heterocycles. The van der Waals surface area contributed by atoms with Gasteiger partial charge in [0.2, 0.25) is 5.91 Å². The van der Waals surface area contributed by atoms with Crippen molar-refractivity contribution >= 4 is 46.4 Å². The Morgan fingerprint density at radius 1 is 1.14 bits per heavy atom. The highest BCUT2D eigenvalue weighted by atomic mass is 35.5. The molecule has 1 aliphatic rings. The summed E-state index contributed by atoms with van der Waals surface area (Å²) in [5.74, 6) is 0.622. The number of hydrogen-bond donors (Lipinski definition) is 1. The minimum absolute atomic E-state index is 0.0783. The van der Waals surface area contributed by atoms with Gasteiger partial charge in [0, 0.05) is 29.7 Å². The van der Waals surface area contributed by atoms with E-state index in [0.29, 0.717) is 45.9 Å². The summed E-state index contributed by atoms with van der Waals surface area (Å²) >= 11 is 11.9. The molecule has 0 radical (unpaired) electrons. The number of anilines is 2. The quantitative estimate of drug-likeness (QED) is 0.741. The summed E-state index contributed by atoms with van der Waals surface area (Å²) in [7, 11) is 1.53. The van der Waals surface area contributed by atoms with Crippen molar-refractivity contribution in [1.29, 1.82) is 0 Å². The van der Waals surface area contributed by atoms with Crippen molar-refractivity contribution in [2.24, 2.45) is 0 Å². The van der Waals surface area contributed by atoms with Gasteiger partial charge in [-0.3, -0.25) is 9.59 Å². The van der Waals surface area contributed by atoms with Crippen molar-refractivity contribution in [2.45, 2.75) is 19.3 Å². The molecule has 8 heteroatoms. The van der Waals surface area contributed by atoms with Crippen LogP contribution in [0.1, 0.15) is 19.3 Å². The summed E-state index contributed by atoms with van der Waals surface area (Å²) in [5.41, 5.74) is 1.25. The third-order valence-corrected chi connectivity index (χ3v) is 4.86. The number of halogens is 2. The molecule has 2 aromatic rings. The summed E-state index contributed by atoms with van der Waals surface area (Å²) in [4.78, 5) is 26.1. The number of benzene rings is 2. The van der Waals surface area contributed by atoms with Gasteiger partial charge < -0.3 is 19.7 Å². The lowest BCUT2D eigenvalue weighted by Crippen LogP contribution is -2.35. The van der Waals surface area contributed by atoms with Gasteiger partial charge >= 0.3 is 0 Å². The maximum atomic E-state index is 12.2. The minimum atomic E-state index is -0.352. The predicted molar refractivity (Wildman–Crippen MR) is 110 cm³/mol. The fraction of sp³-hybridized carbons (Fsp3) is 0.300. The Hall–Kier alpha value is -2.44. The molecule has 0 bridgehead atoms. The molecule has 2 aromatic carbocycles. The minimum Gasteiger partial charge on any atom is -0.494 e. The first-order chi connectivity index (χ1) is 13.5. The van der Waals surface area contributed by atoms with Crippen molar-refractivity contribution < 1.29 is 19.1 Å². The summed E-state index contributed by atoms with van der Waals surface area (Å²) in [5, 5.41) is 3.56. The molecule has 0 saturated carbocycles. The van der Waals surface area contributed by atoms with Crippen LogP contribution in [0.5, 0.6) is 11.5 Å². The highest BCUT2D eigenvalue weighted by Gasteiger charge is 2.22. The molecule has 1 N–H and O–H groups in total. The van der Waals surface area contributed by atoms with E-state index in [1.807, 2.05) is 0 Å². The highest BCUT2D eigenvalue weighted by Crippen LogP contribution is 2.33.